The highest BCUT2D eigenvalue weighted by molar-refractivity contribution is 5.84. The number of piperidine rings is 1. The van der Waals surface area contributed by atoms with Crippen LogP contribution < -0.4 is 5.32 Å². The van der Waals surface area contributed by atoms with Gasteiger partial charge < -0.3 is 15.0 Å². The second-order valence-corrected chi connectivity index (χ2v) is 8.07. The SMILES string of the molecule is CC(C)(C)CN1CC[C@H]2OCC[C@@]2(C(=O)NC2CC2)C1. The minimum Gasteiger partial charge on any atom is -0.377 e. The van der Waals surface area contributed by atoms with E-state index in [2.05, 4.69) is 31.0 Å². The molecule has 2 heterocycles. The van der Waals surface area contributed by atoms with Crippen molar-refractivity contribution < 1.29 is 9.53 Å². The summed E-state index contributed by atoms with van der Waals surface area (Å²) >= 11 is 0. The average Bonchev–Trinajstić information content (AvgIpc) is 3.04. The smallest absolute Gasteiger partial charge is 0.230 e. The first kappa shape index (κ1) is 14.3. The zero-order chi connectivity index (χ0) is 14.4. The van der Waals surface area contributed by atoms with Crippen molar-refractivity contribution in [1.82, 2.24) is 10.2 Å². The molecule has 0 bridgehead atoms. The van der Waals surface area contributed by atoms with Crippen LogP contribution in [0.5, 0.6) is 0 Å². The Morgan fingerprint density at radius 3 is 2.75 bits per heavy atom. The van der Waals surface area contributed by atoms with Crippen LogP contribution in [0.25, 0.3) is 0 Å². The van der Waals surface area contributed by atoms with Crippen molar-refractivity contribution in [2.45, 2.75) is 58.6 Å². The van der Waals surface area contributed by atoms with Crippen LogP contribution in [0.3, 0.4) is 0 Å². The molecule has 0 aromatic rings. The van der Waals surface area contributed by atoms with E-state index in [4.69, 9.17) is 4.74 Å². The Kier molecular flexibility index (Phi) is 3.57. The number of nitrogens with one attached hydrogen (secondary N) is 1. The number of hydrogen-bond donors (Lipinski definition) is 1. The number of fused-ring (bicyclic) bond motifs is 1. The molecular formula is C16H28N2O2. The Hall–Kier alpha value is -0.610. The quantitative estimate of drug-likeness (QED) is 0.857. The minimum absolute atomic E-state index is 0.137. The van der Waals surface area contributed by atoms with Gasteiger partial charge in [-0.3, -0.25) is 4.79 Å². The molecule has 1 saturated carbocycles. The summed E-state index contributed by atoms with van der Waals surface area (Å²) in [5.74, 6) is 0.251. The van der Waals surface area contributed by atoms with Gasteiger partial charge in [0.15, 0.2) is 0 Å². The monoisotopic (exact) mass is 280 g/mol. The molecule has 0 aromatic carbocycles. The van der Waals surface area contributed by atoms with Crippen molar-refractivity contribution in [3.8, 4) is 0 Å². The summed E-state index contributed by atoms with van der Waals surface area (Å²) in [4.78, 5) is 15.2. The van der Waals surface area contributed by atoms with Crippen molar-refractivity contribution in [2.75, 3.05) is 26.2 Å². The summed E-state index contributed by atoms with van der Waals surface area (Å²) in [5, 5.41) is 3.22. The van der Waals surface area contributed by atoms with Crippen LogP contribution in [0.2, 0.25) is 0 Å². The third kappa shape index (κ3) is 2.86. The molecule has 3 fully saturated rings. The van der Waals surface area contributed by atoms with Gasteiger partial charge in [0.05, 0.1) is 11.5 Å². The standard InChI is InChI=1S/C16H28N2O2/c1-15(2,3)10-18-8-6-13-16(11-18,7-9-20-13)14(19)17-12-4-5-12/h12-13H,4-11H2,1-3H3,(H,17,19)/t13-,16-/m1/s1. The Labute approximate surface area is 122 Å². The Morgan fingerprint density at radius 1 is 1.35 bits per heavy atom. The molecule has 4 heteroatoms. The van der Waals surface area contributed by atoms with E-state index in [-0.39, 0.29) is 22.8 Å². The van der Waals surface area contributed by atoms with Gasteiger partial charge in [0, 0.05) is 32.3 Å². The summed E-state index contributed by atoms with van der Waals surface area (Å²) in [5.41, 5.74) is -0.00739. The zero-order valence-corrected chi connectivity index (χ0v) is 13.1. The van der Waals surface area contributed by atoms with Crippen LogP contribution in [-0.2, 0) is 9.53 Å². The van der Waals surface area contributed by atoms with Crippen molar-refractivity contribution in [3.05, 3.63) is 0 Å². The van der Waals surface area contributed by atoms with E-state index in [0.29, 0.717) is 6.04 Å². The molecule has 20 heavy (non-hydrogen) atoms. The molecule has 4 nitrogen and oxygen atoms in total. The van der Waals surface area contributed by atoms with Crippen LogP contribution in [0.15, 0.2) is 0 Å². The van der Waals surface area contributed by atoms with E-state index in [9.17, 15) is 4.79 Å². The van der Waals surface area contributed by atoms with Crippen LogP contribution in [0.1, 0.15) is 46.5 Å². The first-order valence-corrected chi connectivity index (χ1v) is 8.04. The lowest BCUT2D eigenvalue weighted by molar-refractivity contribution is -0.140. The Balaban J connectivity index is 1.72. The molecular weight excluding hydrogens is 252 g/mol. The van der Waals surface area contributed by atoms with Crippen molar-refractivity contribution in [1.29, 1.82) is 0 Å². The highest BCUT2D eigenvalue weighted by atomic mass is 16.5. The van der Waals surface area contributed by atoms with Crippen molar-refractivity contribution in [2.24, 2.45) is 10.8 Å². The molecule has 114 valence electrons. The van der Waals surface area contributed by atoms with Crippen LogP contribution in [0.4, 0.5) is 0 Å². The van der Waals surface area contributed by atoms with Gasteiger partial charge in [0.2, 0.25) is 5.91 Å². The lowest BCUT2D eigenvalue weighted by Crippen LogP contribution is -2.58. The molecule has 0 spiro atoms. The van der Waals surface area contributed by atoms with Crippen LogP contribution >= 0.6 is 0 Å². The molecule has 3 rings (SSSR count). The average molecular weight is 280 g/mol. The van der Waals surface area contributed by atoms with E-state index >= 15 is 0 Å². The first-order chi connectivity index (χ1) is 9.39. The molecule has 1 amide bonds. The normalized spacial score (nSPS) is 34.9. The lowest BCUT2D eigenvalue weighted by atomic mass is 9.75. The zero-order valence-electron chi connectivity index (χ0n) is 13.1. The molecule has 2 aliphatic heterocycles. The number of amides is 1. The Bertz CT molecular complexity index is 386. The maximum Gasteiger partial charge on any atom is 0.230 e. The fraction of sp³-hybridized carbons (Fsp3) is 0.938. The number of hydrogen-bond acceptors (Lipinski definition) is 3. The van der Waals surface area contributed by atoms with Crippen molar-refractivity contribution in [3.63, 3.8) is 0 Å². The molecule has 2 atom stereocenters. The van der Waals surface area contributed by atoms with E-state index < -0.39 is 0 Å². The topological polar surface area (TPSA) is 41.6 Å². The molecule has 1 aliphatic carbocycles. The van der Waals surface area contributed by atoms with E-state index in [0.717, 1.165) is 51.9 Å². The lowest BCUT2D eigenvalue weighted by Gasteiger charge is -2.44. The molecule has 0 unspecified atom stereocenters. The summed E-state index contributed by atoms with van der Waals surface area (Å²) in [6.45, 7) is 10.5. The van der Waals surface area contributed by atoms with Crippen molar-refractivity contribution >= 4 is 5.91 Å². The van der Waals surface area contributed by atoms with Crippen LogP contribution in [0, 0.1) is 10.8 Å². The molecule has 1 N–H and O–H groups in total. The van der Waals surface area contributed by atoms with Gasteiger partial charge in [-0.15, -0.1) is 0 Å². The second-order valence-electron chi connectivity index (χ2n) is 8.07. The fourth-order valence-electron chi connectivity index (χ4n) is 3.72. The second kappa shape index (κ2) is 4.99. The number of likely N-dealkylation sites (tertiary alicyclic amines) is 1. The fourth-order valence-corrected chi connectivity index (χ4v) is 3.72. The van der Waals surface area contributed by atoms with Gasteiger partial charge in [-0.2, -0.15) is 0 Å². The number of nitrogens with zero attached hydrogens (tertiary/aromatic N) is 1. The summed E-state index contributed by atoms with van der Waals surface area (Å²) in [7, 11) is 0. The van der Waals surface area contributed by atoms with Gasteiger partial charge >= 0.3 is 0 Å². The van der Waals surface area contributed by atoms with Gasteiger partial charge in [-0.25, -0.2) is 0 Å². The van der Waals surface area contributed by atoms with Gasteiger partial charge in [-0.1, -0.05) is 20.8 Å². The first-order valence-electron chi connectivity index (χ1n) is 8.04. The molecule has 0 aromatic heterocycles. The van der Waals surface area contributed by atoms with E-state index in [1.54, 1.807) is 0 Å². The van der Waals surface area contributed by atoms with Gasteiger partial charge in [0.1, 0.15) is 0 Å². The van der Waals surface area contributed by atoms with E-state index in [1.807, 2.05) is 0 Å². The highest BCUT2D eigenvalue weighted by Gasteiger charge is 2.54. The van der Waals surface area contributed by atoms with Gasteiger partial charge in [-0.05, 0) is 31.1 Å². The summed E-state index contributed by atoms with van der Waals surface area (Å²) < 4.78 is 5.87. The molecule has 0 radical (unpaired) electrons. The summed E-state index contributed by atoms with van der Waals surface area (Å²) in [6, 6.07) is 0.441. The van der Waals surface area contributed by atoms with Crippen LogP contribution in [-0.4, -0.2) is 49.2 Å². The number of ether oxygens (including phenoxy) is 1. The predicted molar refractivity (Wildman–Crippen MR) is 78.5 cm³/mol. The largest absolute Gasteiger partial charge is 0.377 e. The third-order valence-electron chi connectivity index (χ3n) is 4.76. The summed E-state index contributed by atoms with van der Waals surface area (Å²) in [6.07, 6.45) is 4.32. The molecule has 3 aliphatic rings. The maximum absolute atomic E-state index is 12.7. The highest BCUT2D eigenvalue weighted by Crippen LogP contribution is 2.42. The Morgan fingerprint density at radius 2 is 2.10 bits per heavy atom. The number of carbonyl (C=O) groups excluding carboxylic acids is 1. The predicted octanol–water partition coefficient (Wildman–Crippen LogP) is 1.79. The number of carbonyl (C=O) groups is 1. The van der Waals surface area contributed by atoms with Gasteiger partial charge in [0.25, 0.3) is 0 Å². The van der Waals surface area contributed by atoms with E-state index in [1.165, 1.54) is 0 Å². The number of rotatable bonds is 3. The minimum atomic E-state index is -0.286. The molecule has 2 saturated heterocycles. The maximum atomic E-state index is 12.7. The third-order valence-corrected chi connectivity index (χ3v) is 4.76.